The molecule has 0 radical (unpaired) electrons. The van der Waals surface area contributed by atoms with Gasteiger partial charge in [-0.3, -0.25) is 0 Å². The summed E-state index contributed by atoms with van der Waals surface area (Å²) in [5, 5.41) is 0. The van der Waals surface area contributed by atoms with Gasteiger partial charge in [-0.15, -0.1) is 0 Å². The molecule has 2 aliphatic heterocycles. The Morgan fingerprint density at radius 3 is 2.04 bits per heavy atom. The summed E-state index contributed by atoms with van der Waals surface area (Å²) in [5.74, 6) is -4.33. The third-order valence-electron chi connectivity index (χ3n) is 4.93. The molecule has 4 unspecified atom stereocenters. The van der Waals surface area contributed by atoms with Crippen molar-refractivity contribution in [3.8, 4) is 0 Å². The van der Waals surface area contributed by atoms with E-state index in [0.29, 0.717) is 19.3 Å². The first-order valence-corrected chi connectivity index (χ1v) is 8.91. The Balaban J connectivity index is 2.28. The topological polar surface area (TPSA) is 89.5 Å². The van der Waals surface area contributed by atoms with Crippen LogP contribution in [0.5, 0.6) is 0 Å². The molecule has 0 aliphatic carbocycles. The summed E-state index contributed by atoms with van der Waals surface area (Å²) in [6.45, 7) is 7.20. The number of hydrogen-bond donors (Lipinski definition) is 0. The summed E-state index contributed by atoms with van der Waals surface area (Å²) < 4.78 is 33.0. The van der Waals surface area contributed by atoms with Gasteiger partial charge in [0.05, 0.1) is 13.2 Å². The maximum Gasteiger partial charge on any atom is 0.338 e. The molecule has 1 saturated heterocycles. The van der Waals surface area contributed by atoms with E-state index in [9.17, 15) is 9.59 Å². The van der Waals surface area contributed by atoms with Gasteiger partial charge < -0.3 is 28.4 Å². The molecule has 0 spiro atoms. The quantitative estimate of drug-likeness (QED) is 0.682. The smallest absolute Gasteiger partial charge is 0.338 e. The van der Waals surface area contributed by atoms with Crippen LogP contribution in [0.1, 0.15) is 33.1 Å². The van der Waals surface area contributed by atoms with Crippen molar-refractivity contribution >= 4 is 11.9 Å². The molecule has 27 heavy (non-hydrogen) atoms. The van der Waals surface area contributed by atoms with Crippen LogP contribution in [0.2, 0.25) is 0 Å². The SMILES string of the molecule is C=C/C1=C/CCOC(=O)C2OC(C)(OC)C(C)(OC)OC2C(=O)OCCC1. The fourth-order valence-electron chi connectivity index (χ4n) is 2.94. The van der Waals surface area contributed by atoms with Gasteiger partial charge in [0.15, 0.2) is 12.2 Å². The van der Waals surface area contributed by atoms with Crippen molar-refractivity contribution in [2.75, 3.05) is 27.4 Å². The van der Waals surface area contributed by atoms with Crippen LogP contribution in [0.15, 0.2) is 24.3 Å². The zero-order valence-corrected chi connectivity index (χ0v) is 16.3. The van der Waals surface area contributed by atoms with Gasteiger partial charge in [0.1, 0.15) is 0 Å². The normalized spacial score (nSPS) is 38.0. The summed E-state index contributed by atoms with van der Waals surface area (Å²) in [6.07, 6.45) is 2.85. The lowest BCUT2D eigenvalue weighted by Crippen LogP contribution is -2.68. The highest BCUT2D eigenvalue weighted by molar-refractivity contribution is 5.86. The Kier molecular flexibility index (Phi) is 7.16. The molecular weight excluding hydrogens is 356 g/mol. The molecule has 0 N–H and O–H groups in total. The van der Waals surface area contributed by atoms with Crippen LogP contribution in [0, 0.1) is 0 Å². The van der Waals surface area contributed by atoms with Gasteiger partial charge in [0.25, 0.3) is 0 Å². The number of esters is 2. The van der Waals surface area contributed by atoms with Crippen LogP contribution in [-0.2, 0) is 38.0 Å². The number of allylic oxidation sites excluding steroid dienone is 2. The zero-order chi connectivity index (χ0) is 20.1. The van der Waals surface area contributed by atoms with E-state index < -0.39 is 35.7 Å². The van der Waals surface area contributed by atoms with E-state index in [2.05, 4.69) is 6.58 Å². The molecule has 2 aliphatic rings. The minimum absolute atomic E-state index is 0.142. The molecule has 2 rings (SSSR count). The third-order valence-corrected chi connectivity index (χ3v) is 4.93. The van der Waals surface area contributed by atoms with Crippen LogP contribution in [0.25, 0.3) is 0 Å². The molecule has 0 aromatic rings. The van der Waals surface area contributed by atoms with Crippen molar-refractivity contribution in [2.24, 2.45) is 0 Å². The second kappa shape index (κ2) is 8.97. The van der Waals surface area contributed by atoms with E-state index in [0.717, 1.165) is 5.57 Å². The Morgan fingerprint density at radius 2 is 1.56 bits per heavy atom. The first-order valence-electron chi connectivity index (χ1n) is 8.91. The highest BCUT2D eigenvalue weighted by atomic mass is 16.8. The minimum atomic E-state index is -1.44. The zero-order valence-electron chi connectivity index (χ0n) is 16.3. The van der Waals surface area contributed by atoms with Crippen LogP contribution in [-0.4, -0.2) is 63.2 Å². The maximum absolute atomic E-state index is 12.6. The number of carbonyl (C=O) groups is 2. The average molecular weight is 384 g/mol. The van der Waals surface area contributed by atoms with Crippen LogP contribution in [0.4, 0.5) is 0 Å². The van der Waals surface area contributed by atoms with Gasteiger partial charge in [-0.25, -0.2) is 9.59 Å². The number of carbonyl (C=O) groups excluding carboxylic acids is 2. The van der Waals surface area contributed by atoms with E-state index in [1.165, 1.54) is 14.2 Å². The van der Waals surface area contributed by atoms with Crippen LogP contribution >= 0.6 is 0 Å². The number of fused-ring (bicyclic) bond motifs is 1. The van der Waals surface area contributed by atoms with E-state index >= 15 is 0 Å². The first kappa shape index (κ1) is 21.6. The monoisotopic (exact) mass is 384 g/mol. The van der Waals surface area contributed by atoms with Gasteiger partial charge in [0.2, 0.25) is 11.6 Å². The average Bonchev–Trinajstić information content (AvgIpc) is 2.68. The van der Waals surface area contributed by atoms with Gasteiger partial charge in [0, 0.05) is 20.6 Å². The summed E-state index contributed by atoms with van der Waals surface area (Å²) in [5.41, 5.74) is 1.00. The first-order chi connectivity index (χ1) is 12.8. The van der Waals surface area contributed by atoms with Crippen molar-refractivity contribution in [2.45, 2.75) is 56.9 Å². The molecule has 152 valence electrons. The summed E-state index contributed by atoms with van der Waals surface area (Å²) in [4.78, 5) is 25.2. The third kappa shape index (κ3) is 4.57. The highest BCUT2D eigenvalue weighted by Crippen LogP contribution is 2.39. The van der Waals surface area contributed by atoms with Crippen LogP contribution < -0.4 is 0 Å². The molecule has 0 aromatic heterocycles. The lowest BCUT2D eigenvalue weighted by molar-refractivity contribution is -0.439. The molecule has 4 atom stereocenters. The number of methoxy groups -OCH3 is 2. The predicted octanol–water partition coefficient (Wildman–Crippen LogP) is 1.88. The minimum Gasteiger partial charge on any atom is -0.464 e. The van der Waals surface area contributed by atoms with Crippen molar-refractivity contribution in [1.29, 1.82) is 0 Å². The fraction of sp³-hybridized carbons (Fsp3) is 0.684. The second-order valence-electron chi connectivity index (χ2n) is 6.59. The van der Waals surface area contributed by atoms with Crippen LogP contribution in [0.3, 0.4) is 0 Å². The summed E-state index contributed by atoms with van der Waals surface area (Å²) >= 11 is 0. The molecule has 2 heterocycles. The Morgan fingerprint density at radius 1 is 1.04 bits per heavy atom. The van der Waals surface area contributed by atoms with Gasteiger partial charge >= 0.3 is 11.9 Å². The molecule has 8 nitrogen and oxygen atoms in total. The predicted molar refractivity (Wildman–Crippen MR) is 94.6 cm³/mol. The number of hydrogen-bond acceptors (Lipinski definition) is 8. The van der Waals surface area contributed by atoms with E-state index in [-0.39, 0.29) is 13.2 Å². The number of ether oxygens (including phenoxy) is 6. The van der Waals surface area contributed by atoms with Gasteiger partial charge in [-0.05, 0) is 26.7 Å². The van der Waals surface area contributed by atoms with E-state index in [1.807, 2.05) is 6.08 Å². The Bertz CT molecular complexity index is 601. The molecular formula is C19H28O8. The van der Waals surface area contributed by atoms with Gasteiger partial charge in [-0.1, -0.05) is 24.3 Å². The molecule has 1 fully saturated rings. The van der Waals surface area contributed by atoms with Crippen molar-refractivity contribution in [1.82, 2.24) is 0 Å². The van der Waals surface area contributed by atoms with E-state index in [1.54, 1.807) is 19.9 Å². The number of rotatable bonds is 3. The lowest BCUT2D eigenvalue weighted by Gasteiger charge is -2.50. The molecule has 0 aromatic carbocycles. The fourth-order valence-corrected chi connectivity index (χ4v) is 2.94. The standard InChI is InChI=1S/C19H28O8/c1-6-13-9-7-11-24-16(20)14-15(17(21)25-12-8-10-13)27-19(3,23-5)18(2,22-4)26-14/h6,9,14-15H,1,7-8,10-12H2,2-5H3/b13-9-. The van der Waals surface area contributed by atoms with Crippen molar-refractivity contribution in [3.63, 3.8) is 0 Å². The molecule has 0 saturated carbocycles. The molecule has 0 bridgehead atoms. The van der Waals surface area contributed by atoms with Crippen molar-refractivity contribution in [3.05, 3.63) is 24.3 Å². The Hall–Kier alpha value is -1.74. The Labute approximate surface area is 159 Å². The van der Waals surface area contributed by atoms with E-state index in [4.69, 9.17) is 28.4 Å². The second-order valence-corrected chi connectivity index (χ2v) is 6.59. The molecule has 8 heteroatoms. The number of cyclic esters (lactones) is 2. The highest BCUT2D eigenvalue weighted by Gasteiger charge is 2.60. The summed E-state index contributed by atoms with van der Waals surface area (Å²) in [6, 6.07) is 0. The van der Waals surface area contributed by atoms with Gasteiger partial charge in [-0.2, -0.15) is 0 Å². The largest absolute Gasteiger partial charge is 0.464 e. The lowest BCUT2D eigenvalue weighted by atomic mass is 10.0. The summed E-state index contributed by atoms with van der Waals surface area (Å²) in [7, 11) is 2.79. The maximum atomic E-state index is 12.6. The van der Waals surface area contributed by atoms with Crippen molar-refractivity contribution < 1.29 is 38.0 Å². The molecule has 0 amide bonds.